The maximum absolute atomic E-state index is 14.3. The fraction of sp³-hybridized carbons (Fsp3) is 0.378. The minimum atomic E-state index is -0.112. The lowest BCUT2D eigenvalue weighted by Gasteiger charge is -2.35. The Morgan fingerprint density at radius 2 is 0.591 bits per heavy atom. The summed E-state index contributed by atoms with van der Waals surface area (Å²) in [7, 11) is 12.4. The Balaban J connectivity index is 0.000000134. The maximum atomic E-state index is 14.3. The zero-order valence-electron chi connectivity index (χ0n) is 96.8. The van der Waals surface area contributed by atoms with Gasteiger partial charge >= 0.3 is 0 Å². The molecule has 14 heteroatoms. The van der Waals surface area contributed by atoms with Crippen molar-refractivity contribution >= 4 is 65.4 Å². The fourth-order valence-electron chi connectivity index (χ4n) is 22.8. The van der Waals surface area contributed by atoms with Crippen molar-refractivity contribution in [1.82, 2.24) is 29.9 Å². The Bertz CT molecular complexity index is 8320. The fourth-order valence-corrected chi connectivity index (χ4v) is 22.8. The van der Waals surface area contributed by atoms with Gasteiger partial charge in [0.25, 0.3) is 38.0 Å². The van der Waals surface area contributed by atoms with E-state index in [9.17, 15) is 8.78 Å². The van der Waals surface area contributed by atoms with Gasteiger partial charge in [-0.2, -0.15) is 0 Å². The molecule has 0 atom stereocenters. The van der Waals surface area contributed by atoms with E-state index in [1.165, 1.54) is 172 Å². The van der Waals surface area contributed by atoms with Gasteiger partial charge in [0, 0.05) is 44.2 Å². The van der Waals surface area contributed by atoms with Crippen LogP contribution < -0.4 is 27.4 Å². The van der Waals surface area contributed by atoms with Gasteiger partial charge in [-0.1, -0.05) is 215 Å². The molecule has 6 heterocycles. The van der Waals surface area contributed by atoms with Crippen LogP contribution in [0.5, 0.6) is 0 Å². The van der Waals surface area contributed by atoms with Gasteiger partial charge in [-0.15, -0.1) is 0 Å². The van der Waals surface area contributed by atoms with Crippen molar-refractivity contribution in [3.8, 4) is 67.5 Å². The highest BCUT2D eigenvalue weighted by molar-refractivity contribution is 6.02. The van der Waals surface area contributed by atoms with Crippen molar-refractivity contribution in [1.29, 1.82) is 0 Å². The Kier molecular flexibility index (Phi) is 31.6. The van der Waals surface area contributed by atoms with Crippen LogP contribution in [0.25, 0.3) is 133 Å². The minimum Gasteiger partial charge on any atom is -0.232 e. The van der Waals surface area contributed by atoms with Gasteiger partial charge in [0.15, 0.2) is 33.1 Å². The quantitative estimate of drug-likeness (QED) is 0.113. The van der Waals surface area contributed by atoms with Crippen LogP contribution in [-0.2, 0) is 78.8 Å². The van der Waals surface area contributed by atoms with Gasteiger partial charge in [0.1, 0.15) is 45.8 Å². The Hall–Kier alpha value is -13.5. The standard InChI is InChI=1S/C25H31N2.C24H29N2.C22H26FN2.C22H27N2.C21H24FN2.C21H25N2/c1-15-9-10-18-21(16(15)2)23-22-19(25(18,6)7)11-17(13-24(3,4)5)12-20(22)26-14-27(23)8;1-15-9-8-10-17-20(15)22-21-18(24(17,5)6)11-16(13-23(2,3)4)12-19(21)25-14-26(22)7;1-13(2)9-17-7-8-18-20(11-17)24-12-25(6)22(18)19-10-14(3)21(23)16(5)15(19)4;1-14(2)9-18-7-8-19-21(12-18)23-13-24(6)22(19)20-11-15(3)10-16(4)17(20)5;1-12(2)16-7-8-17-19(10-16)23-11-24(6)21(17)18-9-13(3)20(22)15(5)14(18)4;1-13(2)17-7-8-18-20(11-17)22-12-23(6)21(18)19-10-14(3)9-15(4)16(19)5/h9-12,14H,13H2,1-8H3;8-12,14H,13H2,1-7H3;7-8,10-13H,9H2,1-6H3;7-8,10-14H,9H2,1-6H3;7-12H,1-6H3;7-13H,1-6H3/q6*+1. The number of benzene rings is 12. The molecule has 149 heavy (non-hydrogen) atoms. The van der Waals surface area contributed by atoms with Crippen LogP contribution in [-0.4, -0.2) is 29.9 Å². The molecule has 0 bridgehead atoms. The lowest BCUT2D eigenvalue weighted by atomic mass is 9.68. The largest absolute Gasteiger partial charge is 0.287 e. The van der Waals surface area contributed by atoms with E-state index in [1.807, 2.05) is 115 Å². The maximum Gasteiger partial charge on any atom is 0.287 e. The number of hydrogen-bond donors (Lipinski definition) is 0. The molecule has 0 saturated carbocycles. The second-order valence-electron chi connectivity index (χ2n) is 48.3. The highest BCUT2D eigenvalue weighted by Crippen LogP contribution is 2.52. The SMILES string of the molecule is Cc1cc(-c2c3ccc(C(C)C)cc3nc[n+]2C)c(C)c(C)c1F.Cc1cc(-c2c3ccc(CC(C)C)cc3nc[n+]2C)c(C)c(C)c1F.Cc1cc(C)c(C)c(-c2c3ccc(C(C)C)cc3nc[n+]2C)c1.Cc1cc(C)c(C)c(-c2c3ccc(CC(C)C)cc3nc[n+]2C)c1.Cc1ccc2c(c1C)-c1c3c(cc(CC(C)(C)C)cc3nc[n+]1C)C2(C)C.Cc1cccc2c1-c1c3c(cc(CC(C)(C)C)cc3nc[n+]1C)C2(C)C. The molecule has 18 aromatic rings. The molecule has 0 spiro atoms. The van der Waals surface area contributed by atoms with E-state index in [0.29, 0.717) is 40.4 Å². The Labute approximate surface area is 887 Å². The number of nitrogens with zero attached hydrogens (tertiary/aromatic N) is 12. The summed E-state index contributed by atoms with van der Waals surface area (Å²) in [5, 5.41) is 7.28. The van der Waals surface area contributed by atoms with E-state index in [-0.39, 0.29) is 33.3 Å². The monoisotopic (exact) mass is 1990 g/mol. The number of hydrogen-bond acceptors (Lipinski definition) is 6. The zero-order chi connectivity index (χ0) is 109. The predicted molar refractivity (Wildman–Crippen MR) is 617 cm³/mol. The van der Waals surface area contributed by atoms with Crippen LogP contribution in [0.1, 0.15) is 276 Å². The first-order valence-electron chi connectivity index (χ1n) is 53.6. The van der Waals surface area contributed by atoms with E-state index in [2.05, 4.69) is 405 Å². The van der Waals surface area contributed by atoms with Crippen LogP contribution >= 0.6 is 0 Å². The van der Waals surface area contributed by atoms with Gasteiger partial charge in [-0.3, -0.25) is 0 Å². The van der Waals surface area contributed by atoms with E-state index < -0.39 is 0 Å². The number of fused-ring (bicyclic) bond motifs is 8. The number of aromatic nitrogens is 12. The second kappa shape index (κ2) is 42.9. The van der Waals surface area contributed by atoms with Crippen molar-refractivity contribution in [2.45, 2.75) is 277 Å². The molecule has 0 N–H and O–H groups in total. The third-order valence-electron chi connectivity index (χ3n) is 31.3. The second-order valence-corrected chi connectivity index (χ2v) is 48.3. The normalized spacial score (nSPS) is 12.8. The lowest BCUT2D eigenvalue weighted by molar-refractivity contribution is -0.662. The molecular weight excluding hydrogens is 1830 g/mol. The van der Waals surface area contributed by atoms with Gasteiger partial charge in [-0.25, -0.2) is 36.2 Å². The van der Waals surface area contributed by atoms with E-state index >= 15 is 0 Å². The van der Waals surface area contributed by atoms with Crippen LogP contribution in [0.15, 0.2) is 202 Å². The van der Waals surface area contributed by atoms with Crippen molar-refractivity contribution < 1.29 is 36.2 Å². The molecule has 12 nitrogen and oxygen atoms in total. The Morgan fingerprint density at radius 3 is 0.940 bits per heavy atom. The van der Waals surface area contributed by atoms with Crippen LogP contribution in [0, 0.1) is 138 Å². The molecule has 2 aliphatic rings. The zero-order valence-corrected chi connectivity index (χ0v) is 96.8. The van der Waals surface area contributed by atoms with E-state index in [0.717, 1.165) is 109 Å². The number of rotatable bonds is 12. The molecule has 6 aromatic heterocycles. The molecule has 2 aliphatic carbocycles. The highest BCUT2D eigenvalue weighted by Gasteiger charge is 2.42. The molecule has 0 saturated heterocycles. The summed E-state index contributed by atoms with van der Waals surface area (Å²) in [4.78, 5) is 28.2. The minimum absolute atomic E-state index is 0.0312. The van der Waals surface area contributed by atoms with Crippen LogP contribution in [0.3, 0.4) is 0 Å². The van der Waals surface area contributed by atoms with Gasteiger partial charge < -0.3 is 0 Å². The molecule has 12 aromatic carbocycles. The topological polar surface area (TPSA) is 101 Å². The molecule has 20 rings (SSSR count). The van der Waals surface area contributed by atoms with Crippen molar-refractivity contribution in [3.63, 3.8) is 0 Å². The summed E-state index contributed by atoms with van der Waals surface area (Å²) in [6, 6.07) is 60.2. The molecule has 0 unspecified atom stereocenters. The molecule has 770 valence electrons. The highest BCUT2D eigenvalue weighted by atomic mass is 19.1. The third kappa shape index (κ3) is 22.3. The van der Waals surface area contributed by atoms with Crippen LogP contribution in [0.2, 0.25) is 0 Å². The van der Waals surface area contributed by atoms with Gasteiger partial charge in [-0.05, 0) is 407 Å². The smallest absolute Gasteiger partial charge is 0.232 e. The summed E-state index contributed by atoms with van der Waals surface area (Å²) < 4.78 is 41.2. The average Bonchev–Trinajstić information content (AvgIpc) is 0.849. The van der Waals surface area contributed by atoms with Crippen molar-refractivity contribution in [2.24, 2.45) is 65.0 Å². The summed E-state index contributed by atoms with van der Waals surface area (Å²) in [5.41, 5.74) is 52.1. The Morgan fingerprint density at radius 1 is 0.275 bits per heavy atom. The third-order valence-corrected chi connectivity index (χ3v) is 31.3. The van der Waals surface area contributed by atoms with Gasteiger partial charge in [0.2, 0.25) is 0 Å². The number of aryl methyl sites for hydroxylation is 14. The summed E-state index contributed by atoms with van der Waals surface area (Å²) >= 11 is 0. The summed E-state index contributed by atoms with van der Waals surface area (Å²) in [6.07, 6.45) is 15.8. The molecular formula is C135H162F2N12+6. The van der Waals surface area contributed by atoms with E-state index in [1.54, 1.807) is 0 Å². The average molecular weight is 1990 g/mol. The number of halogens is 2. The first kappa shape index (κ1) is 110. The van der Waals surface area contributed by atoms with Crippen LogP contribution in [0.4, 0.5) is 8.78 Å². The first-order valence-corrected chi connectivity index (χ1v) is 53.6. The summed E-state index contributed by atoms with van der Waals surface area (Å²) in [6.45, 7) is 72.2. The molecule has 0 radical (unpaired) electrons. The lowest BCUT2D eigenvalue weighted by Crippen LogP contribution is -2.36. The first-order chi connectivity index (χ1) is 69.9. The molecule has 0 aliphatic heterocycles. The molecule has 0 amide bonds. The van der Waals surface area contributed by atoms with Crippen molar-refractivity contribution in [3.05, 3.63) is 352 Å². The van der Waals surface area contributed by atoms with E-state index in [4.69, 9.17) is 9.97 Å². The summed E-state index contributed by atoms with van der Waals surface area (Å²) in [5.74, 6) is 2.03. The molecule has 0 fully saturated rings. The predicted octanol–water partition coefficient (Wildman–Crippen LogP) is 30.4. The van der Waals surface area contributed by atoms with Crippen molar-refractivity contribution in [2.75, 3.05) is 0 Å². The van der Waals surface area contributed by atoms with Gasteiger partial charge in [0.05, 0.1) is 74.6 Å².